The summed E-state index contributed by atoms with van der Waals surface area (Å²) < 4.78 is 24.3. The molecule has 6 aromatic rings. The van der Waals surface area contributed by atoms with Crippen LogP contribution in [0.4, 0.5) is 0 Å². The third-order valence-electron chi connectivity index (χ3n) is 6.88. The Balaban J connectivity index is 0.000000174. The van der Waals surface area contributed by atoms with Crippen molar-refractivity contribution in [3.05, 3.63) is 133 Å². The molecule has 0 saturated heterocycles. The minimum absolute atomic E-state index is 0.337. The van der Waals surface area contributed by atoms with E-state index in [1.54, 1.807) is 0 Å². The molecule has 1 atom stereocenters. The van der Waals surface area contributed by atoms with Gasteiger partial charge in [-0.3, -0.25) is 4.57 Å². The van der Waals surface area contributed by atoms with Crippen LogP contribution < -0.4 is 10.6 Å². The quantitative estimate of drug-likeness (QED) is 0.178. The second-order valence-corrected chi connectivity index (χ2v) is 12.2. The summed E-state index contributed by atoms with van der Waals surface area (Å²) in [6.07, 6.45) is 0. The lowest BCUT2D eigenvalue weighted by Crippen LogP contribution is -2.13. The van der Waals surface area contributed by atoms with Crippen molar-refractivity contribution >= 4 is 49.0 Å². The highest BCUT2D eigenvalue weighted by atomic mass is 31.2. The van der Waals surface area contributed by atoms with Gasteiger partial charge >= 0.3 is 7.60 Å². The van der Waals surface area contributed by atoms with Crippen molar-refractivity contribution in [2.75, 3.05) is 13.2 Å². The smallest absolute Gasteiger partial charge is 0.305 e. The van der Waals surface area contributed by atoms with Gasteiger partial charge in [0.2, 0.25) is 0 Å². The lowest BCUT2D eigenvalue weighted by atomic mass is 10.0. The van der Waals surface area contributed by atoms with E-state index >= 15 is 0 Å². The predicted molar refractivity (Wildman–Crippen MR) is 179 cm³/mol. The van der Waals surface area contributed by atoms with Crippen molar-refractivity contribution in [1.29, 1.82) is 0 Å². The van der Waals surface area contributed by atoms with Gasteiger partial charge < -0.3 is 9.05 Å². The zero-order chi connectivity index (χ0) is 28.7. The number of benzene rings is 6. The molecule has 41 heavy (non-hydrogen) atoms. The molecule has 3 nitrogen and oxygen atoms in total. The first-order chi connectivity index (χ1) is 20.0. The van der Waals surface area contributed by atoms with E-state index in [1.165, 1.54) is 32.6 Å². The van der Waals surface area contributed by atoms with Crippen LogP contribution in [0.15, 0.2) is 133 Å². The lowest BCUT2D eigenvalue weighted by molar-refractivity contribution is 0.230. The standard InChI is InChI=1S/C20H21O3P.C16H13P/c1-3-22-24(21,23-4-2)20-12-8-7-11-19(20)18-14-13-16-9-5-6-10-17(16)15-18;17-16-8-4-3-7-15(16)14-10-9-12-5-1-2-6-13(12)11-14/h5-15H,3-4H2,1-2H3;1-11H,17H2. The Hall–Kier alpha value is -3.58. The van der Waals surface area contributed by atoms with Gasteiger partial charge in [-0.25, -0.2) is 0 Å². The first-order valence-electron chi connectivity index (χ1n) is 13.8. The van der Waals surface area contributed by atoms with Crippen LogP contribution in [-0.2, 0) is 13.6 Å². The second-order valence-electron chi connectivity index (χ2n) is 9.56. The molecule has 0 saturated carbocycles. The molecule has 0 amide bonds. The molecule has 0 aliphatic rings. The molecule has 206 valence electrons. The SMILES string of the molecule is CCOP(=O)(OCC)c1ccccc1-c1ccc2ccccc2c1.Pc1ccccc1-c1ccc2ccccc2c1. The van der Waals surface area contributed by atoms with Gasteiger partial charge in [-0.15, -0.1) is 9.24 Å². The van der Waals surface area contributed by atoms with Crippen LogP contribution in [0.25, 0.3) is 43.8 Å². The highest BCUT2D eigenvalue weighted by molar-refractivity contribution is 7.62. The van der Waals surface area contributed by atoms with Crippen LogP contribution in [-0.4, -0.2) is 13.2 Å². The molecular formula is C36H34O3P2. The summed E-state index contributed by atoms with van der Waals surface area (Å²) in [6, 6.07) is 45.5. The van der Waals surface area contributed by atoms with Crippen molar-refractivity contribution in [3.8, 4) is 22.3 Å². The topological polar surface area (TPSA) is 35.5 Å². The van der Waals surface area contributed by atoms with Gasteiger partial charge in [-0.2, -0.15) is 0 Å². The fourth-order valence-corrected chi connectivity index (χ4v) is 7.12. The van der Waals surface area contributed by atoms with Gasteiger partial charge in [0.05, 0.1) is 18.5 Å². The molecule has 1 unspecified atom stereocenters. The molecule has 0 bridgehead atoms. The van der Waals surface area contributed by atoms with Gasteiger partial charge in [0.15, 0.2) is 0 Å². The molecule has 0 fully saturated rings. The first kappa shape index (κ1) is 28.9. The summed E-state index contributed by atoms with van der Waals surface area (Å²) in [5.74, 6) is 0. The Morgan fingerprint density at radius 1 is 0.537 bits per heavy atom. The molecule has 6 rings (SSSR count). The highest BCUT2D eigenvalue weighted by Gasteiger charge is 2.29. The third-order valence-corrected chi connectivity index (χ3v) is 9.56. The number of hydrogen-bond acceptors (Lipinski definition) is 3. The summed E-state index contributed by atoms with van der Waals surface area (Å²) in [5, 5.41) is 6.76. The molecule has 0 aliphatic carbocycles. The highest BCUT2D eigenvalue weighted by Crippen LogP contribution is 2.49. The molecule has 5 heteroatoms. The van der Waals surface area contributed by atoms with E-state index in [9.17, 15) is 4.57 Å². The Kier molecular flexibility index (Phi) is 9.45. The molecule has 0 spiro atoms. The maximum atomic E-state index is 13.2. The summed E-state index contributed by atoms with van der Waals surface area (Å²) >= 11 is 0. The van der Waals surface area contributed by atoms with Crippen LogP contribution in [0.1, 0.15) is 13.8 Å². The Morgan fingerprint density at radius 3 is 1.51 bits per heavy atom. The molecule has 0 aromatic heterocycles. The molecular weight excluding hydrogens is 542 g/mol. The minimum Gasteiger partial charge on any atom is -0.305 e. The first-order valence-corrected chi connectivity index (χ1v) is 16.0. The van der Waals surface area contributed by atoms with Crippen molar-refractivity contribution < 1.29 is 13.6 Å². The minimum atomic E-state index is -3.34. The van der Waals surface area contributed by atoms with Crippen molar-refractivity contribution in [2.24, 2.45) is 0 Å². The van der Waals surface area contributed by atoms with Crippen molar-refractivity contribution in [3.63, 3.8) is 0 Å². The van der Waals surface area contributed by atoms with E-state index in [2.05, 4.69) is 100 Å². The van der Waals surface area contributed by atoms with Crippen molar-refractivity contribution in [1.82, 2.24) is 0 Å². The van der Waals surface area contributed by atoms with Gasteiger partial charge in [0.1, 0.15) is 0 Å². The van der Waals surface area contributed by atoms with Gasteiger partial charge in [-0.05, 0) is 81.1 Å². The fraction of sp³-hybridized carbons (Fsp3) is 0.111. The Labute approximate surface area is 244 Å². The van der Waals surface area contributed by atoms with Gasteiger partial charge in [0.25, 0.3) is 0 Å². The Morgan fingerprint density at radius 2 is 0.976 bits per heavy atom. The van der Waals surface area contributed by atoms with Crippen LogP contribution in [0.2, 0.25) is 0 Å². The van der Waals surface area contributed by atoms with Crippen LogP contribution >= 0.6 is 16.8 Å². The van der Waals surface area contributed by atoms with Crippen molar-refractivity contribution in [2.45, 2.75) is 13.8 Å². The van der Waals surface area contributed by atoms with Crippen LogP contribution in [0.3, 0.4) is 0 Å². The monoisotopic (exact) mass is 576 g/mol. The van der Waals surface area contributed by atoms with Crippen LogP contribution in [0, 0.1) is 0 Å². The zero-order valence-corrected chi connectivity index (χ0v) is 25.4. The average molecular weight is 577 g/mol. The second kappa shape index (κ2) is 13.4. The predicted octanol–water partition coefficient (Wildman–Crippen LogP) is 9.41. The summed E-state index contributed by atoms with van der Waals surface area (Å²) in [5.41, 5.74) is 4.44. The molecule has 0 heterocycles. The largest absolute Gasteiger partial charge is 0.361 e. The summed E-state index contributed by atoms with van der Waals surface area (Å²) in [6.45, 7) is 4.32. The zero-order valence-electron chi connectivity index (χ0n) is 23.4. The molecule has 6 aromatic carbocycles. The average Bonchev–Trinajstić information content (AvgIpc) is 3.01. The maximum Gasteiger partial charge on any atom is 0.361 e. The van der Waals surface area contributed by atoms with E-state index in [4.69, 9.17) is 9.05 Å². The lowest BCUT2D eigenvalue weighted by Gasteiger charge is -2.20. The number of rotatable bonds is 7. The Bertz CT molecular complexity index is 1820. The normalized spacial score (nSPS) is 11.3. The van der Waals surface area contributed by atoms with Gasteiger partial charge in [0, 0.05) is 0 Å². The van der Waals surface area contributed by atoms with E-state index in [-0.39, 0.29) is 0 Å². The number of hydrogen-bond donors (Lipinski definition) is 0. The summed E-state index contributed by atoms with van der Waals surface area (Å²) in [7, 11) is -0.538. The molecule has 0 N–H and O–H groups in total. The fourth-order valence-electron chi connectivity index (χ4n) is 4.95. The molecule has 0 radical (unpaired) electrons. The van der Waals surface area contributed by atoms with E-state index in [1.807, 2.05) is 56.3 Å². The molecule has 0 aliphatic heterocycles. The van der Waals surface area contributed by atoms with Crippen LogP contribution in [0.5, 0.6) is 0 Å². The van der Waals surface area contributed by atoms with E-state index in [0.717, 1.165) is 16.5 Å². The summed E-state index contributed by atoms with van der Waals surface area (Å²) in [4.78, 5) is 0. The third kappa shape index (κ3) is 6.67. The van der Waals surface area contributed by atoms with E-state index in [0.29, 0.717) is 18.5 Å². The maximum absolute atomic E-state index is 13.2. The van der Waals surface area contributed by atoms with E-state index < -0.39 is 7.60 Å². The number of fused-ring (bicyclic) bond motifs is 2. The van der Waals surface area contributed by atoms with Gasteiger partial charge in [-0.1, -0.05) is 115 Å².